The number of nitrogens with one attached hydrogen (secondary N) is 2. The molecule has 8 nitrogen and oxygen atoms in total. The molecule has 0 aliphatic carbocycles. The summed E-state index contributed by atoms with van der Waals surface area (Å²) in [6.45, 7) is 6.17. The van der Waals surface area contributed by atoms with Gasteiger partial charge in [0.1, 0.15) is 18.1 Å². The number of nitrogens with zero attached hydrogens (tertiary/aromatic N) is 2. The van der Waals surface area contributed by atoms with Crippen LogP contribution < -0.4 is 10.6 Å². The molecular formula is C28H36F9N4O4+. The molecule has 2 unspecified atom stereocenters. The summed E-state index contributed by atoms with van der Waals surface area (Å²) in [6.07, 6.45) is -3.48. The molecule has 1 aromatic rings. The van der Waals surface area contributed by atoms with Crippen molar-refractivity contribution < 1.29 is 63.2 Å². The van der Waals surface area contributed by atoms with Gasteiger partial charge in [-0.2, -0.15) is 44.0 Å². The summed E-state index contributed by atoms with van der Waals surface area (Å²) >= 11 is 0. The van der Waals surface area contributed by atoms with Crippen molar-refractivity contribution >= 4 is 23.6 Å². The molecule has 1 fully saturated rings. The van der Waals surface area contributed by atoms with Gasteiger partial charge in [-0.1, -0.05) is 33.8 Å². The van der Waals surface area contributed by atoms with Gasteiger partial charge in [0.25, 0.3) is 0 Å². The number of hydrogen-bond acceptors (Lipinski definition) is 5. The number of alkyl halides is 9. The third-order valence-electron chi connectivity index (χ3n) is 7.94. The molecular weight excluding hydrogens is 627 g/mol. The van der Waals surface area contributed by atoms with Gasteiger partial charge in [-0.25, -0.2) is 9.59 Å². The minimum atomic E-state index is -7.31. The van der Waals surface area contributed by atoms with Crippen molar-refractivity contribution in [3.63, 3.8) is 0 Å². The number of hydrogen-bond donors (Lipinski definition) is 2. The summed E-state index contributed by atoms with van der Waals surface area (Å²) in [5.41, 5.74) is 0.718. The molecule has 1 aliphatic heterocycles. The number of quaternary nitrogens is 1. The third kappa shape index (κ3) is 7.27. The van der Waals surface area contributed by atoms with Gasteiger partial charge in [-0.05, 0) is 36.8 Å². The average molecular weight is 664 g/mol. The van der Waals surface area contributed by atoms with Gasteiger partial charge in [0.2, 0.25) is 11.7 Å². The summed E-state index contributed by atoms with van der Waals surface area (Å²) in [6, 6.07) is -2.98. The predicted octanol–water partition coefficient (Wildman–Crippen LogP) is 5.45. The Morgan fingerprint density at radius 2 is 1.49 bits per heavy atom. The first-order valence-corrected chi connectivity index (χ1v) is 14.1. The van der Waals surface area contributed by atoms with Crippen LogP contribution in [0.2, 0.25) is 0 Å². The van der Waals surface area contributed by atoms with E-state index in [2.05, 4.69) is 10.3 Å². The van der Waals surface area contributed by atoms with Crippen LogP contribution in [0, 0.1) is 11.8 Å². The Morgan fingerprint density at radius 3 is 1.93 bits per heavy atom. The predicted molar refractivity (Wildman–Crippen MR) is 141 cm³/mol. The van der Waals surface area contributed by atoms with Crippen molar-refractivity contribution in [1.82, 2.24) is 15.6 Å². The van der Waals surface area contributed by atoms with Crippen molar-refractivity contribution in [2.45, 2.75) is 102 Å². The fourth-order valence-corrected chi connectivity index (χ4v) is 5.13. The molecule has 254 valence electrons. The number of Topliss-reactive ketones (excluding diaryl/α,β-unsaturated/α-hetero) is 1. The number of carbonyl (C=O) groups excluding carboxylic acids is 4. The second-order valence-electron chi connectivity index (χ2n) is 11.8. The van der Waals surface area contributed by atoms with E-state index in [9.17, 15) is 58.7 Å². The smallest absolute Gasteiger partial charge is 0.341 e. The molecule has 0 saturated carbocycles. The Bertz CT molecular complexity index is 1240. The lowest BCUT2D eigenvalue weighted by Crippen LogP contribution is -2.71. The number of aromatic nitrogens is 1. The molecule has 1 aromatic heterocycles. The van der Waals surface area contributed by atoms with Gasteiger partial charge in [0.05, 0.1) is 6.54 Å². The fraction of sp³-hybridized carbons (Fsp3) is 0.679. The highest BCUT2D eigenvalue weighted by molar-refractivity contribution is 5.96. The Morgan fingerprint density at radius 1 is 0.911 bits per heavy atom. The molecule has 0 radical (unpaired) electrons. The van der Waals surface area contributed by atoms with Gasteiger partial charge in [0.15, 0.2) is 0 Å². The maximum absolute atomic E-state index is 14.6. The second-order valence-corrected chi connectivity index (χ2v) is 11.8. The molecule has 2 N–H and O–H groups in total. The Kier molecular flexibility index (Phi) is 11.5. The monoisotopic (exact) mass is 663 g/mol. The Labute approximate surface area is 253 Å². The van der Waals surface area contributed by atoms with Crippen LogP contribution in [0.3, 0.4) is 0 Å². The fourth-order valence-electron chi connectivity index (χ4n) is 5.13. The van der Waals surface area contributed by atoms with E-state index in [1.807, 2.05) is 0 Å². The van der Waals surface area contributed by atoms with Gasteiger partial charge in [-0.15, -0.1) is 0 Å². The van der Waals surface area contributed by atoms with Gasteiger partial charge >= 0.3 is 35.9 Å². The lowest BCUT2D eigenvalue weighted by atomic mass is 9.90. The molecule has 45 heavy (non-hydrogen) atoms. The third-order valence-corrected chi connectivity index (χ3v) is 7.94. The molecule has 1 aliphatic rings. The number of pyridine rings is 1. The normalized spacial score (nSPS) is 21.0. The van der Waals surface area contributed by atoms with Gasteiger partial charge < -0.3 is 5.32 Å². The van der Waals surface area contributed by atoms with Crippen molar-refractivity contribution in [2.24, 2.45) is 11.8 Å². The lowest BCUT2D eigenvalue weighted by Gasteiger charge is -2.39. The van der Waals surface area contributed by atoms with Gasteiger partial charge in [-0.3, -0.25) is 19.9 Å². The van der Waals surface area contributed by atoms with E-state index in [1.54, 1.807) is 31.3 Å². The Hall–Kier alpha value is -3.24. The van der Waals surface area contributed by atoms with Gasteiger partial charge in [0, 0.05) is 31.7 Å². The number of urea groups is 1. The number of carbonyl (C=O) groups is 4. The summed E-state index contributed by atoms with van der Waals surface area (Å²) in [5.74, 6) is -27.9. The number of aryl methyl sites for hydroxylation is 1. The number of halogens is 9. The number of amides is 4. The van der Waals surface area contributed by atoms with Crippen LogP contribution in [-0.2, 0) is 20.8 Å². The van der Waals surface area contributed by atoms with Crippen molar-refractivity contribution in [1.29, 1.82) is 0 Å². The van der Waals surface area contributed by atoms with Crippen LogP contribution in [0.15, 0.2) is 24.5 Å². The van der Waals surface area contributed by atoms with Crippen molar-refractivity contribution in [2.75, 3.05) is 6.54 Å². The standard InChI is InChI=1S/C28H35F9N4O4/c1-15(2)20(22(43)25(29,30)26(31,32)27(33,34)28(35,36)37)40-24(45)41(13-7-8-17(41)5)23(44)21(16(3)4)39-19(42)11-10-18-9-6-12-38-14-18/h6,9,12,14-17,20-21H,7-8,10-11,13H2,1-5H3,(H-,39,40,42,45)/p+1/t17-,20?,21+,41?/m1/s1. The summed E-state index contributed by atoms with van der Waals surface area (Å²) in [5, 5.41) is 4.33. The maximum atomic E-state index is 14.6. The molecule has 2 heterocycles. The minimum Gasteiger partial charge on any atom is -0.341 e. The van der Waals surface area contributed by atoms with Crippen LogP contribution in [0.4, 0.5) is 44.3 Å². The minimum absolute atomic E-state index is 0.0836. The zero-order chi connectivity index (χ0) is 34.8. The molecule has 0 spiro atoms. The molecule has 0 aromatic carbocycles. The second kappa shape index (κ2) is 13.6. The average Bonchev–Trinajstić information content (AvgIpc) is 3.33. The zero-order valence-electron chi connectivity index (χ0n) is 25.2. The first-order valence-electron chi connectivity index (χ1n) is 14.1. The molecule has 2 rings (SSSR count). The molecule has 17 heteroatoms. The highest BCUT2D eigenvalue weighted by Gasteiger charge is 2.84. The quantitative estimate of drug-likeness (QED) is 0.229. The maximum Gasteiger partial charge on any atom is 0.460 e. The van der Waals surface area contributed by atoms with E-state index in [4.69, 9.17) is 0 Å². The first kappa shape index (κ1) is 37.9. The van der Waals surface area contributed by atoms with E-state index >= 15 is 0 Å². The topological polar surface area (TPSA) is 105 Å². The number of ketones is 1. The highest BCUT2D eigenvalue weighted by atomic mass is 19.4. The number of rotatable bonds is 12. The van der Waals surface area contributed by atoms with Crippen LogP contribution in [0.1, 0.15) is 59.4 Å². The molecule has 4 amide bonds. The largest absolute Gasteiger partial charge is 0.460 e. The van der Waals surface area contributed by atoms with Crippen LogP contribution >= 0.6 is 0 Å². The molecule has 0 bridgehead atoms. The van der Waals surface area contributed by atoms with E-state index in [-0.39, 0.29) is 32.2 Å². The first-order chi connectivity index (χ1) is 20.5. The van der Waals surface area contributed by atoms with Crippen molar-refractivity contribution in [3.8, 4) is 0 Å². The summed E-state index contributed by atoms with van der Waals surface area (Å²) < 4.78 is 121. The summed E-state index contributed by atoms with van der Waals surface area (Å²) in [4.78, 5) is 57.0. The highest BCUT2D eigenvalue weighted by Crippen LogP contribution is 2.53. The SMILES string of the molecule is CC(C)C(NC(=O)[N+]1(C(=O)[C@@H](NC(=O)CCc2cccnc2)C(C)C)CCC[C@H]1C)C(=O)C(F)(F)C(F)(F)C(F)(F)C(F)(F)F. The van der Waals surface area contributed by atoms with Crippen LogP contribution in [-0.4, -0.2) is 81.7 Å². The van der Waals surface area contributed by atoms with Crippen molar-refractivity contribution in [3.05, 3.63) is 30.1 Å². The molecule has 1 saturated heterocycles. The molecule has 4 atom stereocenters. The van der Waals surface area contributed by atoms with Crippen LogP contribution in [0.5, 0.6) is 0 Å². The number of imide groups is 1. The zero-order valence-corrected chi connectivity index (χ0v) is 25.2. The Balaban J connectivity index is 2.41. The van der Waals surface area contributed by atoms with E-state index in [0.29, 0.717) is 0 Å². The summed E-state index contributed by atoms with van der Waals surface area (Å²) in [7, 11) is 0. The van der Waals surface area contributed by atoms with E-state index in [0.717, 1.165) is 19.4 Å². The lowest BCUT2D eigenvalue weighted by molar-refractivity contribution is -0.786. The van der Waals surface area contributed by atoms with Crippen LogP contribution in [0.25, 0.3) is 0 Å². The number of likely N-dealkylation sites (tertiary alicyclic amines) is 1. The van der Waals surface area contributed by atoms with E-state index < -0.39 is 82.0 Å². The van der Waals surface area contributed by atoms with E-state index in [1.165, 1.54) is 19.3 Å².